The van der Waals surface area contributed by atoms with Crippen molar-refractivity contribution >= 4 is 10.0 Å². The summed E-state index contributed by atoms with van der Waals surface area (Å²) in [6.07, 6.45) is 1.51. The molecule has 4 N–H and O–H groups in total. The fraction of sp³-hybridized carbons (Fsp3) is 0.444. The van der Waals surface area contributed by atoms with Crippen molar-refractivity contribution in [3.8, 4) is 0 Å². The zero-order valence-corrected chi connectivity index (χ0v) is 11.3. The van der Waals surface area contributed by atoms with Crippen molar-refractivity contribution in [2.24, 2.45) is 12.8 Å². The van der Waals surface area contributed by atoms with Gasteiger partial charge in [-0.1, -0.05) is 5.21 Å². The highest BCUT2D eigenvalue weighted by Gasteiger charge is 2.22. The zero-order valence-electron chi connectivity index (χ0n) is 10.5. The molecule has 10 heteroatoms. The molecule has 104 valence electrons. The maximum atomic E-state index is 12.2. The van der Waals surface area contributed by atoms with E-state index >= 15 is 0 Å². The Morgan fingerprint density at radius 3 is 2.84 bits per heavy atom. The van der Waals surface area contributed by atoms with Crippen LogP contribution in [0.4, 0.5) is 0 Å². The minimum absolute atomic E-state index is 0.158. The van der Waals surface area contributed by atoms with E-state index < -0.39 is 16.1 Å². The Labute approximate surface area is 110 Å². The third-order valence-corrected chi connectivity index (χ3v) is 4.19. The summed E-state index contributed by atoms with van der Waals surface area (Å²) in [4.78, 5) is 0.158. The normalized spacial score (nSPS) is 13.6. The van der Waals surface area contributed by atoms with Gasteiger partial charge in [-0.25, -0.2) is 13.1 Å². The molecule has 0 fully saturated rings. The van der Waals surface area contributed by atoms with Crippen LogP contribution in [0.15, 0.2) is 17.2 Å². The van der Waals surface area contributed by atoms with Crippen LogP contribution >= 0.6 is 0 Å². The topological polar surface area (TPSA) is 132 Å². The molecule has 1 unspecified atom stereocenters. The third-order valence-electron chi connectivity index (χ3n) is 2.68. The van der Waals surface area contributed by atoms with Gasteiger partial charge in [0.15, 0.2) is 5.82 Å². The first-order chi connectivity index (χ1) is 8.94. The lowest BCUT2D eigenvalue weighted by atomic mass is 10.4. The van der Waals surface area contributed by atoms with Crippen LogP contribution in [0.1, 0.15) is 24.5 Å². The van der Waals surface area contributed by atoms with Crippen LogP contribution < -0.4 is 10.5 Å². The molecule has 19 heavy (non-hydrogen) atoms. The molecule has 2 aromatic heterocycles. The average molecular weight is 285 g/mol. The van der Waals surface area contributed by atoms with E-state index in [0.717, 1.165) is 5.69 Å². The van der Waals surface area contributed by atoms with E-state index in [1.165, 1.54) is 12.3 Å². The number of aromatic amines is 1. The number of H-pyrrole nitrogens is 1. The number of nitrogens with zero attached hydrogens (tertiary/aromatic N) is 4. The first kappa shape index (κ1) is 13.6. The van der Waals surface area contributed by atoms with Crippen LogP contribution in [0.2, 0.25) is 0 Å². The minimum Gasteiger partial charge on any atom is -0.352 e. The second kappa shape index (κ2) is 5.07. The van der Waals surface area contributed by atoms with Crippen molar-refractivity contribution in [1.82, 2.24) is 29.9 Å². The van der Waals surface area contributed by atoms with Crippen LogP contribution in [0.5, 0.6) is 0 Å². The van der Waals surface area contributed by atoms with E-state index in [-0.39, 0.29) is 17.3 Å². The summed E-state index contributed by atoms with van der Waals surface area (Å²) in [5.41, 5.74) is 6.25. The number of nitrogens with two attached hydrogens (primary N) is 1. The molecule has 0 aliphatic rings. The number of aromatic nitrogens is 5. The molecule has 0 aliphatic heterocycles. The second-order valence-corrected chi connectivity index (χ2v) is 5.81. The molecule has 0 saturated heterocycles. The van der Waals surface area contributed by atoms with E-state index in [1.54, 1.807) is 18.5 Å². The van der Waals surface area contributed by atoms with Crippen LogP contribution in [0, 0.1) is 0 Å². The first-order valence-corrected chi connectivity index (χ1v) is 7.03. The number of tetrazole rings is 1. The van der Waals surface area contributed by atoms with Gasteiger partial charge in [-0.3, -0.25) is 0 Å². The molecule has 9 nitrogen and oxygen atoms in total. The van der Waals surface area contributed by atoms with Crippen LogP contribution in [0.25, 0.3) is 0 Å². The summed E-state index contributed by atoms with van der Waals surface area (Å²) in [6, 6.07) is 0.955. The Morgan fingerprint density at radius 2 is 2.32 bits per heavy atom. The van der Waals surface area contributed by atoms with Crippen molar-refractivity contribution in [2.75, 3.05) is 0 Å². The number of hydrogen-bond acceptors (Lipinski definition) is 6. The lowest BCUT2D eigenvalue weighted by molar-refractivity contribution is 0.560. The molecule has 1 atom stereocenters. The smallest absolute Gasteiger partial charge is 0.242 e. The van der Waals surface area contributed by atoms with Gasteiger partial charge in [-0.15, -0.1) is 10.2 Å². The van der Waals surface area contributed by atoms with E-state index in [9.17, 15) is 8.42 Å². The molecule has 0 bridgehead atoms. The summed E-state index contributed by atoms with van der Waals surface area (Å²) < 4.78 is 28.5. The van der Waals surface area contributed by atoms with E-state index in [2.05, 4.69) is 25.3 Å². The third kappa shape index (κ3) is 2.80. The van der Waals surface area contributed by atoms with Gasteiger partial charge in [0.25, 0.3) is 0 Å². The zero-order chi connectivity index (χ0) is 14.0. The largest absolute Gasteiger partial charge is 0.352 e. The van der Waals surface area contributed by atoms with Gasteiger partial charge in [-0.05, 0) is 13.0 Å². The molecule has 0 amide bonds. The van der Waals surface area contributed by atoms with Crippen molar-refractivity contribution in [2.45, 2.75) is 24.4 Å². The highest BCUT2D eigenvalue weighted by molar-refractivity contribution is 7.89. The van der Waals surface area contributed by atoms with Gasteiger partial charge in [0.05, 0.1) is 10.9 Å². The Morgan fingerprint density at radius 1 is 1.58 bits per heavy atom. The molecule has 0 radical (unpaired) electrons. The second-order valence-electron chi connectivity index (χ2n) is 4.10. The van der Waals surface area contributed by atoms with Gasteiger partial charge in [-0.2, -0.15) is 5.21 Å². The fourth-order valence-electron chi connectivity index (χ4n) is 1.63. The SMILES string of the molecule is CC(NS(=O)(=O)c1cc(CN)n(C)c1)c1nn[nH]n1. The van der Waals surface area contributed by atoms with Crippen LogP contribution in [0.3, 0.4) is 0 Å². The molecule has 2 rings (SSSR count). The summed E-state index contributed by atoms with van der Waals surface area (Å²) in [5, 5.41) is 13.1. The number of aryl methyl sites for hydroxylation is 1. The maximum absolute atomic E-state index is 12.2. The summed E-state index contributed by atoms with van der Waals surface area (Å²) >= 11 is 0. The predicted molar refractivity (Wildman–Crippen MR) is 66.2 cm³/mol. The summed E-state index contributed by atoms with van der Waals surface area (Å²) in [6.45, 7) is 1.90. The van der Waals surface area contributed by atoms with Gasteiger partial charge < -0.3 is 10.3 Å². The summed E-state index contributed by atoms with van der Waals surface area (Å²) in [5.74, 6) is 0.276. The molecule has 2 heterocycles. The standard InChI is InChI=1S/C9H15N7O2S/c1-6(9-11-14-15-12-9)13-19(17,18)8-3-7(4-10)16(2)5-8/h3,5-6,13H,4,10H2,1-2H3,(H,11,12,14,15). The molecule has 0 spiro atoms. The Kier molecular flexibility index (Phi) is 3.64. The Bertz CT molecular complexity index is 646. The van der Waals surface area contributed by atoms with Crippen LogP contribution in [-0.2, 0) is 23.6 Å². The van der Waals surface area contributed by atoms with Gasteiger partial charge >= 0.3 is 0 Å². The lowest BCUT2D eigenvalue weighted by Gasteiger charge is -2.09. The number of rotatable bonds is 5. The van der Waals surface area contributed by atoms with Crippen molar-refractivity contribution < 1.29 is 8.42 Å². The van der Waals surface area contributed by atoms with E-state index in [1.807, 2.05) is 0 Å². The van der Waals surface area contributed by atoms with Gasteiger partial charge in [0.2, 0.25) is 10.0 Å². The Hall–Kier alpha value is -1.78. The minimum atomic E-state index is -3.65. The highest BCUT2D eigenvalue weighted by atomic mass is 32.2. The molecule has 2 aromatic rings. The lowest BCUT2D eigenvalue weighted by Crippen LogP contribution is -2.27. The number of nitrogens with one attached hydrogen (secondary N) is 2. The van der Waals surface area contributed by atoms with Crippen molar-refractivity contribution in [3.05, 3.63) is 23.8 Å². The molecule has 0 saturated carbocycles. The number of hydrogen-bond donors (Lipinski definition) is 3. The van der Waals surface area contributed by atoms with Crippen LogP contribution in [-0.4, -0.2) is 33.6 Å². The Balaban J connectivity index is 2.22. The predicted octanol–water partition coefficient (Wildman–Crippen LogP) is -0.964. The number of sulfonamides is 1. The van der Waals surface area contributed by atoms with E-state index in [0.29, 0.717) is 0 Å². The van der Waals surface area contributed by atoms with Crippen molar-refractivity contribution in [1.29, 1.82) is 0 Å². The van der Waals surface area contributed by atoms with E-state index in [4.69, 9.17) is 5.73 Å². The maximum Gasteiger partial charge on any atom is 0.242 e. The monoisotopic (exact) mass is 285 g/mol. The van der Waals surface area contributed by atoms with Gasteiger partial charge in [0, 0.05) is 25.5 Å². The quantitative estimate of drug-likeness (QED) is 0.648. The first-order valence-electron chi connectivity index (χ1n) is 5.55. The molecular formula is C9H15N7O2S. The fourth-order valence-corrected chi connectivity index (χ4v) is 2.93. The molecule has 0 aromatic carbocycles. The van der Waals surface area contributed by atoms with Crippen molar-refractivity contribution in [3.63, 3.8) is 0 Å². The highest BCUT2D eigenvalue weighted by Crippen LogP contribution is 2.16. The average Bonchev–Trinajstić information content (AvgIpc) is 2.96. The summed E-state index contributed by atoms with van der Waals surface area (Å²) in [7, 11) is -1.91. The molecule has 0 aliphatic carbocycles. The van der Waals surface area contributed by atoms with Gasteiger partial charge in [0.1, 0.15) is 0 Å². The molecular weight excluding hydrogens is 270 g/mol.